The van der Waals surface area contributed by atoms with Gasteiger partial charge in [-0.2, -0.15) is 5.06 Å². The Bertz CT molecular complexity index is 323. The van der Waals surface area contributed by atoms with Crippen molar-refractivity contribution in [1.82, 2.24) is 5.06 Å². The van der Waals surface area contributed by atoms with Gasteiger partial charge < -0.3 is 9.94 Å². The van der Waals surface area contributed by atoms with Crippen LogP contribution in [0, 0.1) is 0 Å². The third kappa shape index (κ3) is 8.88. The summed E-state index contributed by atoms with van der Waals surface area (Å²) in [6, 6.07) is 0. The summed E-state index contributed by atoms with van der Waals surface area (Å²) in [4.78, 5) is 0. The SMILES string of the molecule is CCCCCCCCCCCCCOC1CC(C)(C)N(O)C(C)(C)C1. The van der Waals surface area contributed by atoms with Gasteiger partial charge in [0.1, 0.15) is 0 Å². The molecule has 1 rings (SSSR count). The van der Waals surface area contributed by atoms with E-state index in [0.717, 1.165) is 19.4 Å². The van der Waals surface area contributed by atoms with Crippen LogP contribution in [0.4, 0.5) is 0 Å². The molecule has 1 heterocycles. The zero-order valence-electron chi connectivity index (χ0n) is 17.8. The summed E-state index contributed by atoms with van der Waals surface area (Å²) in [5.41, 5.74) is -0.410. The second kappa shape index (κ2) is 11.6. The lowest BCUT2D eigenvalue weighted by Gasteiger charge is -2.51. The van der Waals surface area contributed by atoms with E-state index in [2.05, 4.69) is 34.6 Å². The molecule has 0 aliphatic carbocycles. The molecule has 0 aromatic heterocycles. The second-order valence-electron chi connectivity index (χ2n) is 9.37. The molecular weight excluding hydrogens is 310 g/mol. The fourth-order valence-corrected chi connectivity index (χ4v) is 4.31. The second-order valence-corrected chi connectivity index (χ2v) is 9.37. The van der Waals surface area contributed by atoms with E-state index < -0.39 is 0 Å². The fourth-order valence-electron chi connectivity index (χ4n) is 4.31. The highest BCUT2D eigenvalue weighted by atomic mass is 16.5. The highest BCUT2D eigenvalue weighted by molar-refractivity contribution is 4.96. The van der Waals surface area contributed by atoms with Crippen molar-refractivity contribution in [3.05, 3.63) is 0 Å². The molecule has 0 saturated carbocycles. The summed E-state index contributed by atoms with van der Waals surface area (Å²) in [6.45, 7) is 11.6. The number of hydrogen-bond acceptors (Lipinski definition) is 3. The third-order valence-corrected chi connectivity index (χ3v) is 5.70. The quantitative estimate of drug-likeness (QED) is 0.372. The van der Waals surface area contributed by atoms with Gasteiger partial charge in [0.05, 0.1) is 6.10 Å². The first-order valence-corrected chi connectivity index (χ1v) is 10.9. The molecule has 25 heavy (non-hydrogen) atoms. The number of unbranched alkanes of at least 4 members (excludes halogenated alkanes) is 10. The minimum atomic E-state index is -0.205. The lowest BCUT2D eigenvalue weighted by atomic mass is 9.80. The molecule has 0 aromatic rings. The zero-order valence-corrected chi connectivity index (χ0v) is 17.8. The lowest BCUT2D eigenvalue weighted by molar-refractivity contribution is -0.261. The highest BCUT2D eigenvalue weighted by Crippen LogP contribution is 2.37. The van der Waals surface area contributed by atoms with Crippen LogP contribution in [0.25, 0.3) is 0 Å². The van der Waals surface area contributed by atoms with Gasteiger partial charge in [0, 0.05) is 17.7 Å². The summed E-state index contributed by atoms with van der Waals surface area (Å²) >= 11 is 0. The molecule has 0 unspecified atom stereocenters. The summed E-state index contributed by atoms with van der Waals surface area (Å²) in [5, 5.41) is 11.9. The predicted molar refractivity (Wildman–Crippen MR) is 107 cm³/mol. The standard InChI is InChI=1S/C22H45NO2/c1-6-7-8-9-10-11-12-13-14-15-16-17-25-20-18-21(2,3)23(24)22(4,5)19-20/h20,24H,6-19H2,1-5H3. The van der Waals surface area contributed by atoms with Gasteiger partial charge >= 0.3 is 0 Å². The zero-order chi connectivity index (χ0) is 18.8. The van der Waals surface area contributed by atoms with Crippen LogP contribution in [0.3, 0.4) is 0 Å². The normalized spacial score (nSPS) is 20.9. The monoisotopic (exact) mass is 355 g/mol. The van der Waals surface area contributed by atoms with Crippen LogP contribution < -0.4 is 0 Å². The number of hydrogen-bond donors (Lipinski definition) is 1. The molecule has 0 amide bonds. The van der Waals surface area contributed by atoms with Gasteiger partial charge in [-0.25, -0.2) is 0 Å². The van der Waals surface area contributed by atoms with E-state index in [9.17, 15) is 5.21 Å². The van der Waals surface area contributed by atoms with Crippen LogP contribution in [0.2, 0.25) is 0 Å². The Morgan fingerprint density at radius 1 is 0.760 bits per heavy atom. The van der Waals surface area contributed by atoms with Gasteiger partial charge in [0.15, 0.2) is 0 Å². The Kier molecular flexibility index (Phi) is 10.6. The maximum atomic E-state index is 10.3. The van der Waals surface area contributed by atoms with Gasteiger partial charge in [-0.15, -0.1) is 0 Å². The molecule has 1 saturated heterocycles. The predicted octanol–water partition coefficient (Wildman–Crippen LogP) is 6.72. The number of hydroxylamine groups is 2. The number of rotatable bonds is 13. The van der Waals surface area contributed by atoms with Crippen molar-refractivity contribution >= 4 is 0 Å². The van der Waals surface area contributed by atoms with Crippen LogP contribution in [0.15, 0.2) is 0 Å². The number of nitrogens with zero attached hydrogens (tertiary/aromatic N) is 1. The van der Waals surface area contributed by atoms with Gasteiger partial charge in [-0.3, -0.25) is 0 Å². The summed E-state index contributed by atoms with van der Waals surface area (Å²) in [6.07, 6.45) is 17.2. The Balaban J connectivity index is 2.00. The van der Waals surface area contributed by atoms with Crippen LogP contribution in [-0.4, -0.2) is 34.1 Å². The van der Waals surface area contributed by atoms with E-state index in [1.54, 1.807) is 0 Å². The van der Waals surface area contributed by atoms with E-state index in [-0.39, 0.29) is 17.2 Å². The molecule has 1 N–H and O–H groups in total. The van der Waals surface area contributed by atoms with Crippen molar-refractivity contribution in [2.75, 3.05) is 6.61 Å². The van der Waals surface area contributed by atoms with E-state index in [4.69, 9.17) is 4.74 Å². The van der Waals surface area contributed by atoms with Crippen molar-refractivity contribution in [3.8, 4) is 0 Å². The van der Waals surface area contributed by atoms with Crippen molar-refractivity contribution in [2.45, 2.75) is 135 Å². The van der Waals surface area contributed by atoms with Crippen LogP contribution >= 0.6 is 0 Å². The molecule has 0 atom stereocenters. The first-order valence-electron chi connectivity index (χ1n) is 10.9. The lowest BCUT2D eigenvalue weighted by Crippen LogP contribution is -2.60. The van der Waals surface area contributed by atoms with E-state index in [1.165, 1.54) is 75.7 Å². The maximum Gasteiger partial charge on any atom is 0.0611 e. The maximum absolute atomic E-state index is 10.3. The van der Waals surface area contributed by atoms with Gasteiger partial charge in [0.25, 0.3) is 0 Å². The Morgan fingerprint density at radius 3 is 1.60 bits per heavy atom. The van der Waals surface area contributed by atoms with Crippen molar-refractivity contribution < 1.29 is 9.94 Å². The average molecular weight is 356 g/mol. The fraction of sp³-hybridized carbons (Fsp3) is 1.00. The van der Waals surface area contributed by atoms with Gasteiger partial charge in [0.2, 0.25) is 0 Å². The summed E-state index contributed by atoms with van der Waals surface area (Å²) in [5.74, 6) is 0. The Labute approximate surface area is 157 Å². The summed E-state index contributed by atoms with van der Waals surface area (Å²) < 4.78 is 6.15. The van der Waals surface area contributed by atoms with E-state index in [0.29, 0.717) is 0 Å². The van der Waals surface area contributed by atoms with Crippen LogP contribution in [0.1, 0.15) is 118 Å². The van der Waals surface area contributed by atoms with Crippen molar-refractivity contribution in [2.24, 2.45) is 0 Å². The molecule has 3 heteroatoms. The molecule has 0 spiro atoms. The van der Waals surface area contributed by atoms with E-state index in [1.807, 2.05) is 0 Å². The van der Waals surface area contributed by atoms with Gasteiger partial charge in [-0.05, 0) is 47.0 Å². The first kappa shape index (κ1) is 22.9. The smallest absolute Gasteiger partial charge is 0.0611 e. The summed E-state index contributed by atoms with van der Waals surface area (Å²) in [7, 11) is 0. The number of ether oxygens (including phenoxy) is 1. The molecule has 0 radical (unpaired) electrons. The molecule has 150 valence electrons. The molecule has 1 aliphatic heterocycles. The van der Waals surface area contributed by atoms with Gasteiger partial charge in [-0.1, -0.05) is 71.1 Å². The highest BCUT2D eigenvalue weighted by Gasteiger charge is 2.45. The molecule has 0 bridgehead atoms. The van der Waals surface area contributed by atoms with Crippen LogP contribution in [-0.2, 0) is 4.74 Å². The molecule has 1 aliphatic rings. The largest absolute Gasteiger partial charge is 0.378 e. The average Bonchev–Trinajstić information content (AvgIpc) is 2.53. The third-order valence-electron chi connectivity index (χ3n) is 5.70. The minimum Gasteiger partial charge on any atom is -0.378 e. The minimum absolute atomic E-state index is 0.205. The topological polar surface area (TPSA) is 32.7 Å². The Hall–Kier alpha value is -0.120. The number of piperidine rings is 1. The molecular formula is C22H45NO2. The first-order chi connectivity index (χ1) is 11.8. The molecule has 1 fully saturated rings. The van der Waals surface area contributed by atoms with Crippen molar-refractivity contribution in [1.29, 1.82) is 0 Å². The Morgan fingerprint density at radius 2 is 1.16 bits per heavy atom. The molecule has 3 nitrogen and oxygen atoms in total. The van der Waals surface area contributed by atoms with Crippen LogP contribution in [0.5, 0.6) is 0 Å². The van der Waals surface area contributed by atoms with Crippen molar-refractivity contribution in [3.63, 3.8) is 0 Å². The van der Waals surface area contributed by atoms with E-state index >= 15 is 0 Å². The molecule has 0 aromatic carbocycles.